The van der Waals surface area contributed by atoms with Gasteiger partial charge in [-0.25, -0.2) is 9.37 Å². The molecular weight excluding hydrogens is 856 g/mol. The molecule has 0 saturated carbocycles. The third-order valence-electron chi connectivity index (χ3n) is 12.6. The predicted molar refractivity (Wildman–Crippen MR) is 249 cm³/mol. The fraction of sp³-hybridized carbons (Fsp3) is 0.426. The number of aromatic nitrogens is 2. The Bertz CT molecular complexity index is 2530. The number of hydrogen-bond acceptors (Lipinski definition) is 12. The van der Waals surface area contributed by atoms with Crippen molar-refractivity contribution < 1.29 is 28.1 Å². The van der Waals surface area contributed by atoms with E-state index in [2.05, 4.69) is 58.5 Å². The summed E-state index contributed by atoms with van der Waals surface area (Å²) in [6, 6.07) is 16.2. The first-order valence-corrected chi connectivity index (χ1v) is 24.9. The number of carbonyl (C=O) groups is 3. The van der Waals surface area contributed by atoms with Crippen molar-refractivity contribution in [3.8, 4) is 17.6 Å². The molecule has 0 aliphatic carbocycles. The lowest BCUT2D eigenvalue weighted by atomic mass is 10.0. The molecule has 8 rings (SSSR count). The zero-order valence-corrected chi connectivity index (χ0v) is 38.1. The molecule has 1 aromatic heterocycles. The standard InChI is InChI=1S/C47H54ClFN9O5P/c1-63-40-28-33(14-16-37(40)52-47-50-29-35(48)44(54-47)51-38-11-7-8-12-41(38)64(2,3)62)56-22-19-32(20-23-56)57-26-24-55(25-27-57)21-9-5-4-6-10-31-13-15-36(49)43-34(31)30-58(46(43)61)39-17-18-42(59)53-45(39)60/h7-8,11-16,28-29,32,39H,4-5,9,17-27,30H2,1-3H3,(H,53,59,60)(H2,50,51,52,54). The van der Waals surface area contributed by atoms with Crippen LogP contribution < -0.4 is 30.9 Å². The summed E-state index contributed by atoms with van der Waals surface area (Å²) in [4.78, 5) is 55.2. The van der Waals surface area contributed by atoms with Crippen LogP contribution in [0.2, 0.25) is 5.02 Å². The van der Waals surface area contributed by atoms with Gasteiger partial charge in [-0.15, -0.1) is 0 Å². The van der Waals surface area contributed by atoms with Crippen LogP contribution in [0.3, 0.4) is 0 Å². The van der Waals surface area contributed by atoms with E-state index in [1.165, 1.54) is 17.2 Å². The van der Waals surface area contributed by atoms with E-state index in [0.717, 1.165) is 82.9 Å². The minimum Gasteiger partial charge on any atom is -0.494 e. The fourth-order valence-corrected chi connectivity index (χ4v) is 10.4. The lowest BCUT2D eigenvalue weighted by Crippen LogP contribution is -2.53. The molecule has 0 spiro atoms. The number of benzene rings is 3. The third-order valence-corrected chi connectivity index (χ3v) is 14.4. The van der Waals surface area contributed by atoms with Gasteiger partial charge in [0.2, 0.25) is 17.8 Å². The van der Waals surface area contributed by atoms with Crippen molar-refractivity contribution in [2.75, 3.05) is 81.8 Å². The third kappa shape index (κ3) is 10.2. The van der Waals surface area contributed by atoms with Crippen LogP contribution in [0.25, 0.3) is 0 Å². The summed E-state index contributed by atoms with van der Waals surface area (Å²) >= 11 is 6.48. The van der Waals surface area contributed by atoms with Crippen molar-refractivity contribution in [1.82, 2.24) is 30.0 Å². The molecule has 3 aromatic carbocycles. The highest BCUT2D eigenvalue weighted by Crippen LogP contribution is 2.39. The van der Waals surface area contributed by atoms with E-state index < -0.39 is 30.8 Å². The quantitative estimate of drug-likeness (QED) is 0.0575. The molecule has 0 radical (unpaired) electrons. The Hall–Kier alpha value is -5.52. The summed E-state index contributed by atoms with van der Waals surface area (Å²) in [6.45, 7) is 10.7. The minimum atomic E-state index is -2.55. The Balaban J connectivity index is 0.769. The normalized spacial score (nSPS) is 18.6. The lowest BCUT2D eigenvalue weighted by molar-refractivity contribution is -0.136. The monoisotopic (exact) mass is 909 g/mol. The molecule has 3 amide bonds. The van der Waals surface area contributed by atoms with Gasteiger partial charge in [-0.1, -0.05) is 35.6 Å². The first kappa shape index (κ1) is 45.1. The van der Waals surface area contributed by atoms with Crippen LogP contribution >= 0.6 is 18.7 Å². The molecule has 1 unspecified atom stereocenters. The van der Waals surface area contributed by atoms with Crippen molar-refractivity contribution in [2.45, 2.75) is 63.6 Å². The summed E-state index contributed by atoms with van der Waals surface area (Å²) in [5.41, 5.74) is 3.59. The summed E-state index contributed by atoms with van der Waals surface area (Å²) in [5, 5.41) is 9.87. The SMILES string of the molecule is COc1cc(N2CCC(N3CCN(CCCCC#Cc4ccc(F)c5c4CN(C4CCC(=O)NC4=O)C5=O)CC3)CC2)ccc1Nc1ncc(Cl)c(Nc2ccccc2P(C)(C)=O)n1. The zero-order valence-electron chi connectivity index (χ0n) is 36.5. The summed E-state index contributed by atoms with van der Waals surface area (Å²) < 4.78 is 33.5. The molecule has 3 N–H and O–H groups in total. The van der Waals surface area contributed by atoms with E-state index in [1.807, 2.05) is 36.4 Å². The average Bonchev–Trinajstić information content (AvgIpc) is 3.64. The maximum absolute atomic E-state index is 14.8. The Morgan fingerprint density at radius 2 is 1.73 bits per heavy atom. The average molecular weight is 910 g/mol. The Morgan fingerprint density at radius 3 is 2.48 bits per heavy atom. The summed E-state index contributed by atoms with van der Waals surface area (Å²) in [6.07, 6.45) is 6.72. The van der Waals surface area contributed by atoms with Gasteiger partial charge in [0.15, 0.2) is 5.82 Å². The number of amides is 3. The van der Waals surface area contributed by atoms with Gasteiger partial charge in [0, 0.05) is 92.9 Å². The highest BCUT2D eigenvalue weighted by Gasteiger charge is 2.41. The topological polar surface area (TPSA) is 152 Å². The van der Waals surface area contributed by atoms with Crippen molar-refractivity contribution in [2.24, 2.45) is 0 Å². The van der Waals surface area contributed by atoms with E-state index in [0.29, 0.717) is 57.1 Å². The molecule has 4 aliphatic heterocycles. The molecule has 336 valence electrons. The van der Waals surface area contributed by atoms with Crippen LogP contribution in [0.1, 0.15) is 66.4 Å². The van der Waals surface area contributed by atoms with Gasteiger partial charge >= 0.3 is 0 Å². The number of fused-ring (bicyclic) bond motifs is 1. The van der Waals surface area contributed by atoms with Crippen LogP contribution in [0.15, 0.2) is 60.8 Å². The van der Waals surface area contributed by atoms with E-state index in [9.17, 15) is 23.3 Å². The smallest absolute Gasteiger partial charge is 0.258 e. The summed E-state index contributed by atoms with van der Waals surface area (Å²) in [5.74, 6) is 5.77. The van der Waals surface area contributed by atoms with Crippen molar-refractivity contribution in [1.29, 1.82) is 0 Å². The number of ether oxygens (including phenoxy) is 1. The van der Waals surface area contributed by atoms with E-state index in [4.69, 9.17) is 16.3 Å². The number of nitrogens with zero attached hydrogens (tertiary/aromatic N) is 6. The molecule has 0 bridgehead atoms. The maximum atomic E-state index is 14.8. The Morgan fingerprint density at radius 1 is 0.953 bits per heavy atom. The number of nitrogens with one attached hydrogen (secondary N) is 3. The van der Waals surface area contributed by atoms with E-state index in [1.54, 1.807) is 26.5 Å². The summed E-state index contributed by atoms with van der Waals surface area (Å²) in [7, 11) is -0.901. The Kier molecular flexibility index (Phi) is 13.9. The van der Waals surface area contributed by atoms with Crippen LogP contribution in [-0.2, 0) is 20.7 Å². The second kappa shape index (κ2) is 19.7. The number of unbranched alkanes of at least 4 members (excludes halogenated alkanes) is 2. The first-order chi connectivity index (χ1) is 30.9. The molecule has 14 nitrogen and oxygen atoms in total. The number of methoxy groups -OCH3 is 1. The first-order valence-electron chi connectivity index (χ1n) is 21.9. The Labute approximate surface area is 378 Å². The molecule has 64 heavy (non-hydrogen) atoms. The second-order valence-electron chi connectivity index (χ2n) is 17.1. The number of anilines is 5. The van der Waals surface area contributed by atoms with Gasteiger partial charge in [-0.3, -0.25) is 24.6 Å². The number of carbonyl (C=O) groups excluding carboxylic acids is 3. The molecule has 4 aliphatic rings. The maximum Gasteiger partial charge on any atom is 0.258 e. The van der Waals surface area contributed by atoms with E-state index >= 15 is 0 Å². The number of para-hydroxylation sites is 1. The van der Waals surface area contributed by atoms with Crippen LogP contribution in [-0.4, -0.2) is 121 Å². The molecule has 5 heterocycles. The van der Waals surface area contributed by atoms with E-state index in [-0.39, 0.29) is 30.9 Å². The number of rotatable bonds is 13. The zero-order chi connectivity index (χ0) is 45.0. The molecule has 1 atom stereocenters. The molecular formula is C47H54ClFN9O5P. The van der Waals surface area contributed by atoms with Crippen molar-refractivity contribution >= 4 is 70.6 Å². The molecule has 17 heteroatoms. The van der Waals surface area contributed by atoms with Crippen molar-refractivity contribution in [3.63, 3.8) is 0 Å². The second-order valence-corrected chi connectivity index (χ2v) is 20.7. The largest absolute Gasteiger partial charge is 0.494 e. The van der Waals surface area contributed by atoms with Crippen molar-refractivity contribution in [3.05, 3.63) is 88.3 Å². The number of hydrogen-bond donors (Lipinski definition) is 3. The van der Waals surface area contributed by atoms with Gasteiger partial charge in [0.25, 0.3) is 5.91 Å². The number of halogens is 2. The highest BCUT2D eigenvalue weighted by molar-refractivity contribution is 7.70. The highest BCUT2D eigenvalue weighted by atomic mass is 35.5. The van der Waals surface area contributed by atoms with Crippen LogP contribution in [0, 0.1) is 17.7 Å². The van der Waals surface area contributed by atoms with Crippen LogP contribution in [0.5, 0.6) is 5.75 Å². The molecule has 4 aromatic rings. The lowest BCUT2D eigenvalue weighted by Gasteiger charge is -2.43. The van der Waals surface area contributed by atoms with Gasteiger partial charge in [0.1, 0.15) is 29.8 Å². The van der Waals surface area contributed by atoms with Gasteiger partial charge < -0.3 is 34.6 Å². The van der Waals surface area contributed by atoms with Gasteiger partial charge in [0.05, 0.1) is 30.2 Å². The number of piperazine rings is 1. The minimum absolute atomic E-state index is 0.0244. The fourth-order valence-electron chi connectivity index (χ4n) is 9.09. The number of piperidine rings is 2. The predicted octanol–water partition coefficient (Wildman–Crippen LogP) is 6.58. The number of imide groups is 1. The van der Waals surface area contributed by atoms with Gasteiger partial charge in [-0.05, 0) is 88.4 Å². The molecule has 3 fully saturated rings. The van der Waals surface area contributed by atoms with Crippen LogP contribution in [0.4, 0.5) is 33.2 Å². The molecule has 3 saturated heterocycles. The van der Waals surface area contributed by atoms with Gasteiger partial charge in [-0.2, -0.15) is 4.98 Å².